The van der Waals surface area contributed by atoms with Crippen molar-refractivity contribution in [2.75, 3.05) is 12.4 Å². The number of halogens is 3. The lowest BCUT2D eigenvalue weighted by molar-refractivity contribution is -0.137. The first-order chi connectivity index (χ1) is 8.18. The van der Waals surface area contributed by atoms with Crippen LogP contribution in [-0.2, 0) is 16.2 Å². The molecule has 0 aliphatic rings. The molecule has 0 atom stereocenters. The van der Waals surface area contributed by atoms with Crippen LogP contribution >= 0.6 is 0 Å². The third-order valence-electron chi connectivity index (χ3n) is 2.00. The van der Waals surface area contributed by atoms with Crippen LogP contribution in [0.15, 0.2) is 24.3 Å². The van der Waals surface area contributed by atoms with Crippen molar-refractivity contribution in [3.05, 3.63) is 29.8 Å². The van der Waals surface area contributed by atoms with Crippen molar-refractivity contribution in [1.82, 2.24) is 0 Å². The molecule has 0 saturated heterocycles. The van der Waals surface area contributed by atoms with Crippen LogP contribution in [0, 0.1) is 0 Å². The van der Waals surface area contributed by atoms with Crippen LogP contribution in [0.4, 0.5) is 13.2 Å². The normalized spacial score (nSPS) is 12.4. The Balaban J connectivity index is 2.53. The van der Waals surface area contributed by atoms with E-state index >= 15 is 0 Å². The highest BCUT2D eigenvalue weighted by Gasteiger charge is 2.30. The highest BCUT2D eigenvalue weighted by molar-refractivity contribution is 7.89. The van der Waals surface area contributed by atoms with Gasteiger partial charge in [-0.05, 0) is 24.6 Å². The molecule has 2 N–H and O–H groups in total. The molecule has 1 aromatic carbocycles. The first-order valence-corrected chi connectivity index (χ1v) is 6.70. The van der Waals surface area contributed by atoms with Gasteiger partial charge in [-0.3, -0.25) is 0 Å². The molecule has 0 unspecified atom stereocenters. The van der Waals surface area contributed by atoms with Crippen molar-refractivity contribution < 1.29 is 26.3 Å². The largest absolute Gasteiger partial charge is 0.494 e. The minimum absolute atomic E-state index is 0.0161. The van der Waals surface area contributed by atoms with E-state index in [0.29, 0.717) is 0 Å². The van der Waals surface area contributed by atoms with Gasteiger partial charge in [0.05, 0.1) is 17.9 Å². The number of primary sulfonamides is 1. The quantitative estimate of drug-likeness (QED) is 0.837. The fraction of sp³-hybridized carbons (Fsp3) is 0.400. The van der Waals surface area contributed by atoms with Crippen LogP contribution in [0.3, 0.4) is 0 Å². The van der Waals surface area contributed by atoms with E-state index in [1.807, 2.05) is 0 Å². The summed E-state index contributed by atoms with van der Waals surface area (Å²) in [6.45, 7) is -0.0161. The zero-order valence-electron chi connectivity index (χ0n) is 9.27. The molecular formula is C10H12F3NO3S. The van der Waals surface area contributed by atoms with Gasteiger partial charge < -0.3 is 4.74 Å². The van der Waals surface area contributed by atoms with Crippen molar-refractivity contribution in [1.29, 1.82) is 0 Å². The Bertz CT molecular complexity index is 499. The topological polar surface area (TPSA) is 69.4 Å². The van der Waals surface area contributed by atoms with Gasteiger partial charge in [0, 0.05) is 0 Å². The second-order valence-corrected chi connectivity index (χ2v) is 5.33. The summed E-state index contributed by atoms with van der Waals surface area (Å²) < 4.78 is 63.3. The minimum atomic E-state index is -4.43. The summed E-state index contributed by atoms with van der Waals surface area (Å²) in [6.07, 6.45) is -4.31. The summed E-state index contributed by atoms with van der Waals surface area (Å²) >= 11 is 0. The van der Waals surface area contributed by atoms with E-state index in [4.69, 9.17) is 9.88 Å². The van der Waals surface area contributed by atoms with Gasteiger partial charge in [-0.15, -0.1) is 0 Å². The predicted octanol–water partition coefficient (Wildman–Crippen LogP) is 1.76. The van der Waals surface area contributed by atoms with Crippen molar-refractivity contribution in [3.63, 3.8) is 0 Å². The molecule has 0 heterocycles. The van der Waals surface area contributed by atoms with Crippen molar-refractivity contribution in [2.24, 2.45) is 5.14 Å². The Hall–Kier alpha value is -1.28. The lowest BCUT2D eigenvalue weighted by Crippen LogP contribution is -2.18. The Morgan fingerprint density at radius 3 is 2.50 bits per heavy atom. The molecule has 0 bridgehead atoms. The summed E-state index contributed by atoms with van der Waals surface area (Å²) in [4.78, 5) is 0. The van der Waals surface area contributed by atoms with Crippen LogP contribution in [0.1, 0.15) is 12.0 Å². The maximum absolute atomic E-state index is 12.4. The second kappa shape index (κ2) is 5.57. The van der Waals surface area contributed by atoms with Crippen LogP contribution in [0.5, 0.6) is 5.75 Å². The Kier molecular flexibility index (Phi) is 4.58. The molecule has 4 nitrogen and oxygen atoms in total. The molecule has 102 valence electrons. The van der Waals surface area contributed by atoms with E-state index in [2.05, 4.69) is 0 Å². The summed E-state index contributed by atoms with van der Waals surface area (Å²) in [5.74, 6) is -0.231. The van der Waals surface area contributed by atoms with Gasteiger partial charge in [0.15, 0.2) is 0 Å². The van der Waals surface area contributed by atoms with Crippen molar-refractivity contribution in [2.45, 2.75) is 12.6 Å². The molecule has 0 spiro atoms. The number of rotatable bonds is 5. The van der Waals surface area contributed by atoms with Crippen LogP contribution in [0.2, 0.25) is 0 Å². The van der Waals surface area contributed by atoms with Crippen LogP contribution in [-0.4, -0.2) is 20.8 Å². The number of sulfonamides is 1. The number of benzene rings is 1. The highest BCUT2D eigenvalue weighted by atomic mass is 32.2. The van der Waals surface area contributed by atoms with Gasteiger partial charge in [0.2, 0.25) is 10.0 Å². The second-order valence-electron chi connectivity index (χ2n) is 3.59. The fourth-order valence-corrected chi connectivity index (χ4v) is 1.73. The SMILES string of the molecule is NS(=O)(=O)CCCOc1cccc(C(F)(F)F)c1. The summed E-state index contributed by atoms with van der Waals surface area (Å²) in [7, 11) is -3.57. The van der Waals surface area contributed by atoms with Gasteiger partial charge >= 0.3 is 6.18 Å². The van der Waals surface area contributed by atoms with Gasteiger partial charge in [-0.25, -0.2) is 13.6 Å². The molecule has 0 aromatic heterocycles. The minimum Gasteiger partial charge on any atom is -0.494 e. The van der Waals surface area contributed by atoms with Gasteiger partial charge in [0.1, 0.15) is 5.75 Å². The first-order valence-electron chi connectivity index (χ1n) is 4.99. The average Bonchev–Trinajstić information content (AvgIpc) is 2.22. The number of alkyl halides is 3. The van der Waals surface area contributed by atoms with E-state index in [9.17, 15) is 21.6 Å². The van der Waals surface area contributed by atoms with E-state index in [0.717, 1.165) is 12.1 Å². The van der Waals surface area contributed by atoms with Crippen molar-refractivity contribution >= 4 is 10.0 Å². The first kappa shape index (κ1) is 14.8. The molecule has 18 heavy (non-hydrogen) atoms. The maximum atomic E-state index is 12.4. The zero-order chi connectivity index (χ0) is 13.8. The van der Waals surface area contributed by atoms with Gasteiger partial charge in [0.25, 0.3) is 0 Å². The van der Waals surface area contributed by atoms with E-state index in [1.165, 1.54) is 12.1 Å². The maximum Gasteiger partial charge on any atom is 0.416 e. The van der Waals surface area contributed by atoms with Gasteiger partial charge in [-0.2, -0.15) is 13.2 Å². The third-order valence-corrected chi connectivity index (χ3v) is 2.86. The summed E-state index contributed by atoms with van der Waals surface area (Å²) in [5.41, 5.74) is -0.813. The lowest BCUT2D eigenvalue weighted by atomic mass is 10.2. The molecule has 0 aliphatic carbocycles. The summed E-state index contributed by atoms with van der Waals surface area (Å²) in [5, 5.41) is 4.76. The molecule has 0 amide bonds. The molecule has 8 heteroatoms. The molecule has 1 rings (SSSR count). The lowest BCUT2D eigenvalue weighted by Gasteiger charge is -2.09. The monoisotopic (exact) mass is 283 g/mol. The predicted molar refractivity (Wildman–Crippen MR) is 59.5 cm³/mol. The zero-order valence-corrected chi connectivity index (χ0v) is 10.1. The highest BCUT2D eigenvalue weighted by Crippen LogP contribution is 2.31. The van der Waals surface area contributed by atoms with E-state index < -0.39 is 21.8 Å². The fourth-order valence-electron chi connectivity index (χ4n) is 1.21. The molecule has 1 aromatic rings. The smallest absolute Gasteiger partial charge is 0.416 e. The molecule has 0 fully saturated rings. The number of hydrogen-bond donors (Lipinski definition) is 1. The van der Waals surface area contributed by atoms with Crippen molar-refractivity contribution in [3.8, 4) is 5.75 Å². The Labute approximate surface area is 103 Å². The number of hydrogen-bond acceptors (Lipinski definition) is 3. The number of ether oxygens (including phenoxy) is 1. The van der Waals surface area contributed by atoms with E-state index in [-0.39, 0.29) is 24.5 Å². The summed E-state index contributed by atoms with van der Waals surface area (Å²) in [6, 6.07) is 4.37. The molecular weight excluding hydrogens is 271 g/mol. The number of nitrogens with two attached hydrogens (primary N) is 1. The molecule has 0 radical (unpaired) electrons. The van der Waals surface area contributed by atoms with Gasteiger partial charge in [-0.1, -0.05) is 6.07 Å². The molecule has 0 saturated carbocycles. The van der Waals surface area contributed by atoms with Crippen LogP contribution < -0.4 is 9.88 Å². The van der Waals surface area contributed by atoms with Crippen LogP contribution in [0.25, 0.3) is 0 Å². The Morgan fingerprint density at radius 1 is 1.28 bits per heavy atom. The third kappa shape index (κ3) is 5.37. The van der Waals surface area contributed by atoms with E-state index in [1.54, 1.807) is 0 Å². The standard InChI is InChI=1S/C10H12F3NO3S/c11-10(12,13)8-3-1-4-9(7-8)17-5-2-6-18(14,15)16/h1,3-4,7H,2,5-6H2,(H2,14,15,16). The Morgan fingerprint density at radius 2 is 1.94 bits per heavy atom. The average molecular weight is 283 g/mol. The molecule has 0 aliphatic heterocycles.